The second kappa shape index (κ2) is 5.25. The van der Waals surface area contributed by atoms with Crippen LogP contribution in [0.25, 0.3) is 16.6 Å². The van der Waals surface area contributed by atoms with Crippen LogP contribution < -0.4 is 10.2 Å². The van der Waals surface area contributed by atoms with Crippen molar-refractivity contribution in [1.29, 1.82) is 0 Å². The Morgan fingerprint density at radius 3 is 2.67 bits per heavy atom. The Balaban J connectivity index is 2.28. The largest absolute Gasteiger partial charge is 0.496 e. The number of ether oxygens (including phenoxy) is 1. The highest BCUT2D eigenvalue weighted by atomic mass is 16.5. The van der Waals surface area contributed by atoms with Gasteiger partial charge in [0.05, 0.1) is 18.2 Å². The molecule has 2 aromatic carbocycles. The lowest BCUT2D eigenvalue weighted by Crippen LogP contribution is -2.06. The van der Waals surface area contributed by atoms with E-state index < -0.39 is 0 Å². The number of carbonyl (C=O) groups excluding carboxylic acids is 1. The van der Waals surface area contributed by atoms with E-state index in [1.54, 1.807) is 24.4 Å². The third-order valence-electron chi connectivity index (χ3n) is 3.42. The number of nitrogens with zero attached hydrogens (tertiary/aromatic N) is 1. The average molecular weight is 279 g/mol. The minimum absolute atomic E-state index is 0.0222. The van der Waals surface area contributed by atoms with Crippen molar-refractivity contribution in [3.63, 3.8) is 0 Å². The summed E-state index contributed by atoms with van der Waals surface area (Å²) in [5, 5.41) is 0.642. The predicted octanol–water partition coefficient (Wildman–Crippen LogP) is 2.81. The summed E-state index contributed by atoms with van der Waals surface area (Å²) in [7, 11) is 1.52. The van der Waals surface area contributed by atoms with Crippen molar-refractivity contribution >= 4 is 17.2 Å². The van der Waals surface area contributed by atoms with Gasteiger partial charge in [-0.2, -0.15) is 0 Å². The first-order valence-corrected chi connectivity index (χ1v) is 6.48. The Morgan fingerprint density at radius 2 is 1.90 bits per heavy atom. The van der Waals surface area contributed by atoms with Crippen molar-refractivity contribution in [3.8, 4) is 11.4 Å². The molecule has 0 atom stereocenters. The number of fused-ring (bicyclic) bond motifs is 1. The molecule has 1 aromatic heterocycles. The number of benzene rings is 2. The zero-order chi connectivity index (χ0) is 14.8. The van der Waals surface area contributed by atoms with E-state index in [1.807, 2.05) is 28.8 Å². The van der Waals surface area contributed by atoms with Crippen LogP contribution in [0.3, 0.4) is 0 Å². The molecule has 4 nitrogen and oxygen atoms in total. The van der Waals surface area contributed by atoms with Gasteiger partial charge in [0.1, 0.15) is 5.75 Å². The minimum atomic E-state index is -0.0222. The summed E-state index contributed by atoms with van der Waals surface area (Å²) < 4.78 is 7.02. The van der Waals surface area contributed by atoms with Gasteiger partial charge in [0.2, 0.25) is 0 Å². The van der Waals surface area contributed by atoms with Crippen molar-refractivity contribution < 1.29 is 9.53 Å². The molecular weight excluding hydrogens is 266 g/mol. The zero-order valence-corrected chi connectivity index (χ0v) is 11.4. The molecule has 0 aliphatic heterocycles. The average Bonchev–Trinajstić information content (AvgIpc) is 2.55. The summed E-state index contributed by atoms with van der Waals surface area (Å²) in [4.78, 5) is 23.0. The van der Waals surface area contributed by atoms with Gasteiger partial charge >= 0.3 is 0 Å². The summed E-state index contributed by atoms with van der Waals surface area (Å²) in [5.41, 5.74) is 2.05. The molecule has 0 fully saturated rings. The minimum Gasteiger partial charge on any atom is -0.496 e. The van der Waals surface area contributed by atoms with E-state index in [4.69, 9.17) is 4.74 Å². The second-order valence-electron chi connectivity index (χ2n) is 4.61. The summed E-state index contributed by atoms with van der Waals surface area (Å²) in [6.07, 6.45) is 2.47. The maximum atomic E-state index is 11.9. The van der Waals surface area contributed by atoms with Crippen molar-refractivity contribution in [2.45, 2.75) is 0 Å². The molecule has 21 heavy (non-hydrogen) atoms. The van der Waals surface area contributed by atoms with Crippen molar-refractivity contribution in [2.75, 3.05) is 7.11 Å². The van der Waals surface area contributed by atoms with Crippen LogP contribution in [0.1, 0.15) is 10.4 Å². The first-order valence-electron chi connectivity index (χ1n) is 6.48. The predicted molar refractivity (Wildman–Crippen MR) is 81.5 cm³/mol. The smallest absolute Gasteiger partial charge is 0.189 e. The lowest BCUT2D eigenvalue weighted by atomic mass is 10.1. The number of rotatable bonds is 3. The third-order valence-corrected chi connectivity index (χ3v) is 3.42. The van der Waals surface area contributed by atoms with Crippen LogP contribution in [0, 0.1) is 0 Å². The highest BCUT2D eigenvalue weighted by Crippen LogP contribution is 2.22. The van der Waals surface area contributed by atoms with Gasteiger partial charge in [0.25, 0.3) is 0 Å². The molecule has 0 unspecified atom stereocenters. The van der Waals surface area contributed by atoms with Crippen molar-refractivity contribution in [2.24, 2.45) is 0 Å². The fraction of sp³-hybridized carbons (Fsp3) is 0.0588. The standard InChI is InChI=1S/C17H13NO3/c1-21-17-7-6-13(10-12(17)11-19)18-9-8-16(20)14-4-2-3-5-15(14)18/h2-11H,1H3. The normalized spacial score (nSPS) is 10.5. The topological polar surface area (TPSA) is 48.3 Å². The lowest BCUT2D eigenvalue weighted by Gasteiger charge is -2.12. The Bertz CT molecular complexity index is 881. The maximum absolute atomic E-state index is 11.9. The maximum Gasteiger partial charge on any atom is 0.189 e. The fourth-order valence-corrected chi connectivity index (χ4v) is 2.39. The summed E-state index contributed by atoms with van der Waals surface area (Å²) in [6, 6.07) is 14.2. The molecule has 0 aliphatic carbocycles. The number of hydrogen-bond acceptors (Lipinski definition) is 3. The van der Waals surface area contributed by atoms with E-state index in [2.05, 4.69) is 0 Å². The van der Waals surface area contributed by atoms with Crippen LogP contribution in [-0.4, -0.2) is 18.0 Å². The summed E-state index contributed by atoms with van der Waals surface area (Å²) in [6.45, 7) is 0. The summed E-state index contributed by atoms with van der Waals surface area (Å²) >= 11 is 0. The quantitative estimate of drug-likeness (QED) is 0.693. The van der Waals surface area contributed by atoms with Gasteiger partial charge in [-0.05, 0) is 30.3 Å². The monoisotopic (exact) mass is 279 g/mol. The van der Waals surface area contributed by atoms with Gasteiger partial charge < -0.3 is 9.30 Å². The molecule has 0 spiro atoms. The van der Waals surface area contributed by atoms with Crippen LogP contribution in [0.15, 0.2) is 59.5 Å². The van der Waals surface area contributed by atoms with Crippen LogP contribution in [0.5, 0.6) is 5.75 Å². The van der Waals surface area contributed by atoms with Crippen molar-refractivity contribution in [1.82, 2.24) is 4.57 Å². The number of hydrogen-bond donors (Lipinski definition) is 0. The van der Waals surface area contributed by atoms with Gasteiger partial charge in [-0.25, -0.2) is 0 Å². The van der Waals surface area contributed by atoms with E-state index in [9.17, 15) is 9.59 Å². The molecule has 3 aromatic rings. The molecule has 1 heterocycles. The van der Waals surface area contributed by atoms with Crippen LogP contribution in [-0.2, 0) is 0 Å². The fourth-order valence-electron chi connectivity index (χ4n) is 2.39. The molecule has 0 saturated carbocycles. The van der Waals surface area contributed by atoms with Crippen LogP contribution >= 0.6 is 0 Å². The van der Waals surface area contributed by atoms with E-state index >= 15 is 0 Å². The van der Waals surface area contributed by atoms with Gasteiger partial charge in [-0.3, -0.25) is 9.59 Å². The van der Waals surface area contributed by atoms with Crippen molar-refractivity contribution in [3.05, 3.63) is 70.5 Å². The van der Waals surface area contributed by atoms with Gasteiger partial charge in [0.15, 0.2) is 11.7 Å². The number of aromatic nitrogens is 1. The Kier molecular flexibility index (Phi) is 3.28. The molecule has 3 rings (SSSR count). The molecule has 0 saturated heterocycles. The molecule has 104 valence electrons. The van der Waals surface area contributed by atoms with Crippen LogP contribution in [0.2, 0.25) is 0 Å². The summed E-state index contributed by atoms with van der Waals surface area (Å²) in [5.74, 6) is 0.527. The number of methoxy groups -OCH3 is 1. The Labute approximate surface area is 121 Å². The number of aldehydes is 1. The van der Waals surface area contributed by atoms with E-state index in [-0.39, 0.29) is 5.43 Å². The second-order valence-corrected chi connectivity index (χ2v) is 4.61. The Hall–Kier alpha value is -2.88. The molecular formula is C17H13NO3. The lowest BCUT2D eigenvalue weighted by molar-refractivity contribution is 0.112. The number of carbonyl (C=O) groups is 1. The van der Waals surface area contributed by atoms with E-state index in [0.29, 0.717) is 16.7 Å². The zero-order valence-electron chi connectivity index (χ0n) is 11.4. The highest BCUT2D eigenvalue weighted by molar-refractivity contribution is 5.83. The van der Waals surface area contributed by atoms with Crippen LogP contribution in [0.4, 0.5) is 0 Å². The first-order chi connectivity index (χ1) is 10.2. The molecule has 0 radical (unpaired) electrons. The number of para-hydroxylation sites is 1. The molecule has 0 N–H and O–H groups in total. The van der Waals surface area contributed by atoms with E-state index in [1.165, 1.54) is 13.2 Å². The highest BCUT2D eigenvalue weighted by Gasteiger charge is 2.07. The van der Waals surface area contributed by atoms with Gasteiger partial charge in [-0.1, -0.05) is 12.1 Å². The Morgan fingerprint density at radius 1 is 1.10 bits per heavy atom. The molecule has 4 heteroatoms. The van der Waals surface area contributed by atoms with E-state index in [0.717, 1.165) is 17.5 Å². The SMILES string of the molecule is COc1ccc(-n2ccc(=O)c3ccccc32)cc1C=O. The molecule has 0 aliphatic rings. The molecule has 0 bridgehead atoms. The first kappa shape index (κ1) is 13.1. The van der Waals surface area contributed by atoms with Gasteiger partial charge in [0, 0.05) is 23.3 Å². The number of pyridine rings is 1. The third kappa shape index (κ3) is 2.21. The van der Waals surface area contributed by atoms with Gasteiger partial charge in [-0.15, -0.1) is 0 Å². The molecule has 0 amide bonds.